The molecule has 0 spiro atoms. The molecule has 190 valence electrons. The van der Waals surface area contributed by atoms with E-state index < -0.39 is 18.4 Å². The largest absolute Gasteiger partial charge is 0.480 e. The second-order valence-electron chi connectivity index (χ2n) is 8.42. The van der Waals surface area contributed by atoms with Crippen molar-refractivity contribution in [2.45, 2.75) is 12.8 Å². The number of hydrogen-bond donors (Lipinski definition) is 3. The van der Waals surface area contributed by atoms with Gasteiger partial charge in [0.25, 0.3) is 5.91 Å². The first-order chi connectivity index (χ1) is 17.2. The van der Waals surface area contributed by atoms with Crippen molar-refractivity contribution in [3.05, 3.63) is 95.4 Å². The van der Waals surface area contributed by atoms with Crippen molar-refractivity contribution in [1.82, 2.24) is 9.55 Å². The summed E-state index contributed by atoms with van der Waals surface area (Å²) in [6.07, 6.45) is 5.51. The number of nitrogens with one attached hydrogen (secondary N) is 1. The van der Waals surface area contributed by atoms with Gasteiger partial charge in [0.15, 0.2) is 5.78 Å². The lowest BCUT2D eigenvalue weighted by atomic mass is 10.0. The molecule has 2 aromatic carbocycles. The molecule has 37 heavy (non-hydrogen) atoms. The molecule has 0 saturated carbocycles. The van der Waals surface area contributed by atoms with E-state index in [2.05, 4.69) is 4.98 Å². The number of carbonyl (C=O) groups is 3. The quantitative estimate of drug-likeness (QED) is 0.174. The summed E-state index contributed by atoms with van der Waals surface area (Å²) in [5.74, 6) is -1.66. The number of aliphatic carboxylic acids is 1. The maximum absolute atomic E-state index is 13.1. The molecular formula is C27H26ClN5O4. The van der Waals surface area contributed by atoms with Crippen molar-refractivity contribution in [2.24, 2.45) is 12.8 Å². The standard InChI is InChI=1S/C27H25N5O4.ClH/c1-31-15-22(24(33)11-6-17-4-7-18(8-5-17)26(28)29)21-10-9-20(13-23(21)31)32(16-25(34)35)27(36)19-3-2-12-30-14-19;/h2-5,7-10,12-15H,6,11,16H2,1H3,(H3,28,29)(H,34,35);1H. The molecule has 1 amide bonds. The van der Waals surface area contributed by atoms with E-state index >= 15 is 0 Å². The number of benzene rings is 2. The van der Waals surface area contributed by atoms with Gasteiger partial charge in [-0.15, -0.1) is 12.4 Å². The summed E-state index contributed by atoms with van der Waals surface area (Å²) in [7, 11) is 1.80. The Bertz CT molecular complexity index is 1470. The number of nitrogens with zero attached hydrogens (tertiary/aromatic N) is 3. The first-order valence-corrected chi connectivity index (χ1v) is 11.2. The van der Waals surface area contributed by atoms with E-state index in [-0.39, 0.29) is 29.6 Å². The van der Waals surface area contributed by atoms with Crippen LogP contribution in [-0.2, 0) is 18.3 Å². The summed E-state index contributed by atoms with van der Waals surface area (Å²) in [5, 5.41) is 17.6. The highest BCUT2D eigenvalue weighted by atomic mass is 35.5. The van der Waals surface area contributed by atoms with Gasteiger partial charge in [0.2, 0.25) is 0 Å². The van der Waals surface area contributed by atoms with Crippen LogP contribution < -0.4 is 10.6 Å². The number of aryl methyl sites for hydroxylation is 2. The fourth-order valence-corrected chi connectivity index (χ4v) is 4.07. The Labute approximate surface area is 219 Å². The molecule has 0 aliphatic carbocycles. The third-order valence-corrected chi connectivity index (χ3v) is 5.94. The molecule has 0 saturated heterocycles. The fraction of sp³-hybridized carbons (Fsp3) is 0.148. The zero-order valence-electron chi connectivity index (χ0n) is 20.0. The van der Waals surface area contributed by atoms with Crippen LogP contribution >= 0.6 is 12.4 Å². The van der Waals surface area contributed by atoms with Crippen molar-refractivity contribution in [2.75, 3.05) is 11.4 Å². The maximum atomic E-state index is 13.1. The van der Waals surface area contributed by atoms with E-state index in [1.807, 2.05) is 12.1 Å². The van der Waals surface area contributed by atoms with Gasteiger partial charge < -0.3 is 15.4 Å². The highest BCUT2D eigenvalue weighted by Crippen LogP contribution is 2.28. The Morgan fingerprint density at radius 1 is 1.08 bits per heavy atom. The van der Waals surface area contributed by atoms with Crippen molar-refractivity contribution in [1.29, 1.82) is 5.41 Å². The van der Waals surface area contributed by atoms with Crippen molar-refractivity contribution < 1.29 is 19.5 Å². The van der Waals surface area contributed by atoms with E-state index in [9.17, 15) is 19.5 Å². The topological polar surface area (TPSA) is 142 Å². The number of halogens is 1. The predicted molar refractivity (Wildman–Crippen MR) is 144 cm³/mol. The van der Waals surface area contributed by atoms with Gasteiger partial charge in [-0.05, 0) is 36.2 Å². The number of amidine groups is 1. The monoisotopic (exact) mass is 519 g/mol. The lowest BCUT2D eigenvalue weighted by Crippen LogP contribution is -2.35. The molecule has 10 heteroatoms. The fourth-order valence-electron chi connectivity index (χ4n) is 4.07. The second kappa shape index (κ2) is 11.5. The zero-order chi connectivity index (χ0) is 25.8. The first-order valence-electron chi connectivity index (χ1n) is 11.2. The zero-order valence-corrected chi connectivity index (χ0v) is 20.9. The van der Waals surface area contributed by atoms with Gasteiger partial charge in [-0.25, -0.2) is 0 Å². The van der Waals surface area contributed by atoms with Crippen LogP contribution in [0.25, 0.3) is 10.9 Å². The van der Waals surface area contributed by atoms with Crippen LogP contribution in [0.15, 0.2) is 73.2 Å². The normalized spacial score (nSPS) is 10.5. The second-order valence-corrected chi connectivity index (χ2v) is 8.42. The number of ketones is 1. The number of nitrogen functional groups attached to an aromatic ring is 1. The molecule has 0 radical (unpaired) electrons. The van der Waals surface area contributed by atoms with Crippen LogP contribution in [0.1, 0.15) is 38.3 Å². The van der Waals surface area contributed by atoms with Gasteiger partial charge >= 0.3 is 5.97 Å². The summed E-state index contributed by atoms with van der Waals surface area (Å²) in [5.41, 5.74) is 9.04. The van der Waals surface area contributed by atoms with E-state index in [0.29, 0.717) is 35.2 Å². The molecule has 2 heterocycles. The summed E-state index contributed by atoms with van der Waals surface area (Å²) in [4.78, 5) is 42.7. The third-order valence-electron chi connectivity index (χ3n) is 5.94. The maximum Gasteiger partial charge on any atom is 0.323 e. The van der Waals surface area contributed by atoms with Crippen LogP contribution in [0.4, 0.5) is 5.69 Å². The van der Waals surface area contributed by atoms with Gasteiger partial charge in [-0.3, -0.25) is 29.7 Å². The summed E-state index contributed by atoms with van der Waals surface area (Å²) in [6, 6.07) is 15.5. The lowest BCUT2D eigenvalue weighted by Gasteiger charge is -2.21. The first kappa shape index (κ1) is 27.1. The van der Waals surface area contributed by atoms with E-state index in [1.54, 1.807) is 60.3 Å². The van der Waals surface area contributed by atoms with Crippen LogP contribution in [-0.4, -0.2) is 44.7 Å². The average molecular weight is 520 g/mol. The SMILES string of the molecule is Cl.Cn1cc(C(=O)CCc2ccc(C(=N)N)cc2)c2ccc(N(CC(=O)O)C(=O)c3cccnc3)cc21. The molecule has 4 N–H and O–H groups in total. The van der Waals surface area contributed by atoms with Gasteiger partial charge in [-0.1, -0.05) is 30.3 Å². The number of carboxylic acids is 1. The minimum absolute atomic E-state index is 0. The number of carboxylic acid groups (broad SMARTS) is 1. The number of fused-ring (bicyclic) bond motifs is 1. The van der Waals surface area contributed by atoms with Gasteiger partial charge in [0, 0.05) is 54.3 Å². The van der Waals surface area contributed by atoms with Crippen molar-refractivity contribution >= 4 is 52.5 Å². The number of pyridine rings is 1. The van der Waals surface area contributed by atoms with E-state index in [1.165, 1.54) is 17.3 Å². The molecule has 4 aromatic rings. The molecule has 0 aliphatic rings. The number of nitrogens with two attached hydrogens (primary N) is 1. The Morgan fingerprint density at radius 2 is 1.81 bits per heavy atom. The average Bonchev–Trinajstić information content (AvgIpc) is 3.22. The molecule has 9 nitrogen and oxygen atoms in total. The number of Topliss-reactive ketones (excluding diaryl/α,β-unsaturated/α-hetero) is 1. The lowest BCUT2D eigenvalue weighted by molar-refractivity contribution is -0.135. The van der Waals surface area contributed by atoms with Gasteiger partial charge in [0.05, 0.1) is 11.1 Å². The van der Waals surface area contributed by atoms with Crippen LogP contribution in [0.3, 0.4) is 0 Å². The highest BCUT2D eigenvalue weighted by Gasteiger charge is 2.22. The van der Waals surface area contributed by atoms with Crippen molar-refractivity contribution in [3.8, 4) is 0 Å². The van der Waals surface area contributed by atoms with Crippen LogP contribution in [0, 0.1) is 5.41 Å². The summed E-state index contributed by atoms with van der Waals surface area (Å²) >= 11 is 0. The molecule has 0 fully saturated rings. The number of carbonyl (C=O) groups excluding carboxylic acids is 2. The Hall–Kier alpha value is -4.50. The molecule has 0 bridgehead atoms. The number of amides is 1. The molecule has 0 atom stereocenters. The molecule has 0 unspecified atom stereocenters. The van der Waals surface area contributed by atoms with Crippen LogP contribution in [0.5, 0.6) is 0 Å². The minimum atomic E-state index is -1.15. The van der Waals surface area contributed by atoms with Crippen LogP contribution in [0.2, 0.25) is 0 Å². The number of rotatable bonds is 9. The Kier molecular flexibility index (Phi) is 8.41. The minimum Gasteiger partial charge on any atom is -0.480 e. The Balaban J connectivity index is 0.00000380. The number of aromatic nitrogens is 2. The summed E-state index contributed by atoms with van der Waals surface area (Å²) < 4.78 is 1.79. The third kappa shape index (κ3) is 6.02. The number of hydrogen-bond acceptors (Lipinski definition) is 5. The highest BCUT2D eigenvalue weighted by molar-refractivity contribution is 6.11. The molecule has 0 aliphatic heterocycles. The van der Waals surface area contributed by atoms with Gasteiger partial charge in [-0.2, -0.15) is 0 Å². The smallest absolute Gasteiger partial charge is 0.323 e. The molecule has 4 rings (SSSR count). The summed E-state index contributed by atoms with van der Waals surface area (Å²) in [6.45, 7) is -0.516. The molecule has 2 aromatic heterocycles. The van der Waals surface area contributed by atoms with Gasteiger partial charge in [0.1, 0.15) is 12.4 Å². The predicted octanol–water partition coefficient (Wildman–Crippen LogP) is 3.83. The number of anilines is 1. The van der Waals surface area contributed by atoms with E-state index in [0.717, 1.165) is 10.9 Å². The Morgan fingerprint density at radius 3 is 2.43 bits per heavy atom. The molecular weight excluding hydrogens is 494 g/mol. The van der Waals surface area contributed by atoms with E-state index in [4.69, 9.17) is 11.1 Å². The van der Waals surface area contributed by atoms with Crippen molar-refractivity contribution in [3.63, 3.8) is 0 Å².